The number of benzene rings is 1. The summed E-state index contributed by atoms with van der Waals surface area (Å²) >= 11 is 0. The molecule has 2 amide bonds. The Labute approximate surface area is 128 Å². The van der Waals surface area contributed by atoms with Crippen molar-refractivity contribution in [2.24, 2.45) is 0 Å². The number of likely N-dealkylation sites (tertiary alicyclic amines) is 1. The van der Waals surface area contributed by atoms with Crippen molar-refractivity contribution < 1.29 is 18.0 Å². The molecule has 0 aliphatic carbocycles. The zero-order valence-corrected chi connectivity index (χ0v) is 13.2. The Hall–Kier alpha value is -1.93. The molecule has 2 aliphatic heterocycles. The summed E-state index contributed by atoms with van der Waals surface area (Å²) in [6.45, 7) is 0.365. The number of nitrogens with one attached hydrogen (secondary N) is 1. The van der Waals surface area contributed by atoms with Crippen LogP contribution >= 0.6 is 0 Å². The number of amides is 2. The molecule has 1 N–H and O–H groups in total. The van der Waals surface area contributed by atoms with E-state index in [1.165, 1.54) is 21.9 Å². The number of hydrogen-bond donors (Lipinski definition) is 1. The van der Waals surface area contributed by atoms with Gasteiger partial charge in [0.2, 0.25) is 21.8 Å². The lowest BCUT2D eigenvalue weighted by Crippen LogP contribution is -2.36. The molecule has 1 aromatic carbocycles. The van der Waals surface area contributed by atoms with Crippen LogP contribution in [0.1, 0.15) is 12.0 Å². The van der Waals surface area contributed by atoms with E-state index in [1.54, 1.807) is 20.2 Å². The van der Waals surface area contributed by atoms with E-state index < -0.39 is 16.1 Å². The van der Waals surface area contributed by atoms with E-state index in [2.05, 4.69) is 4.72 Å². The highest BCUT2D eigenvalue weighted by Gasteiger charge is 2.32. The molecule has 1 saturated heterocycles. The van der Waals surface area contributed by atoms with Gasteiger partial charge in [-0.1, -0.05) is 0 Å². The largest absolute Gasteiger partial charge is 0.344 e. The Kier molecular flexibility index (Phi) is 3.45. The van der Waals surface area contributed by atoms with Gasteiger partial charge in [-0.15, -0.1) is 0 Å². The lowest BCUT2D eigenvalue weighted by Gasteiger charge is -2.14. The van der Waals surface area contributed by atoms with E-state index in [-0.39, 0.29) is 29.6 Å². The smallest absolute Gasteiger partial charge is 0.240 e. The molecule has 0 aromatic heterocycles. The van der Waals surface area contributed by atoms with Gasteiger partial charge < -0.3 is 9.80 Å². The number of rotatable bonds is 3. The molecule has 8 heteroatoms. The van der Waals surface area contributed by atoms with Crippen molar-refractivity contribution in [1.82, 2.24) is 9.62 Å². The van der Waals surface area contributed by atoms with Crippen LogP contribution in [0.4, 0.5) is 5.69 Å². The molecule has 2 aliphatic rings. The third kappa shape index (κ3) is 2.48. The number of fused-ring (bicyclic) bond motifs is 1. The average Bonchev–Trinajstić information content (AvgIpc) is 2.89. The first-order chi connectivity index (χ1) is 10.3. The van der Waals surface area contributed by atoms with Crippen LogP contribution < -0.4 is 9.62 Å². The molecule has 0 spiro atoms. The van der Waals surface area contributed by atoms with Crippen molar-refractivity contribution in [2.75, 3.05) is 25.5 Å². The van der Waals surface area contributed by atoms with Gasteiger partial charge in [-0.05, 0) is 23.8 Å². The molecular formula is C14H17N3O4S. The second-order valence-corrected chi connectivity index (χ2v) is 7.43. The zero-order valence-electron chi connectivity index (χ0n) is 12.4. The number of nitrogens with zero attached hydrogens (tertiary/aromatic N) is 2. The monoisotopic (exact) mass is 323 g/mol. The van der Waals surface area contributed by atoms with Crippen LogP contribution in [0, 0.1) is 0 Å². The first-order valence-corrected chi connectivity index (χ1v) is 8.42. The lowest BCUT2D eigenvalue weighted by atomic mass is 10.2. The van der Waals surface area contributed by atoms with Crippen molar-refractivity contribution in [3.05, 3.63) is 23.8 Å². The summed E-state index contributed by atoms with van der Waals surface area (Å²) in [5, 5.41) is 0. The first kappa shape index (κ1) is 15.0. The maximum atomic E-state index is 12.4. The minimum Gasteiger partial charge on any atom is -0.344 e. The summed E-state index contributed by atoms with van der Waals surface area (Å²) in [6, 6.07) is 4.23. The Morgan fingerprint density at radius 2 is 1.91 bits per heavy atom. The van der Waals surface area contributed by atoms with E-state index in [9.17, 15) is 18.0 Å². The van der Waals surface area contributed by atoms with Crippen LogP contribution in [0.5, 0.6) is 0 Å². The van der Waals surface area contributed by atoms with E-state index >= 15 is 0 Å². The highest BCUT2D eigenvalue weighted by Crippen LogP contribution is 2.29. The summed E-state index contributed by atoms with van der Waals surface area (Å²) in [5.41, 5.74) is 1.44. The summed E-state index contributed by atoms with van der Waals surface area (Å²) < 4.78 is 27.4. The minimum absolute atomic E-state index is 0.0551. The number of anilines is 1. The minimum atomic E-state index is -3.71. The number of hydrogen-bond acceptors (Lipinski definition) is 4. The number of likely N-dealkylation sites (N-methyl/N-ethyl adjacent to an activating group) is 2. The molecule has 1 unspecified atom stereocenters. The highest BCUT2D eigenvalue weighted by molar-refractivity contribution is 7.89. The normalized spacial score (nSPS) is 21.6. The van der Waals surface area contributed by atoms with Crippen LogP contribution in [0.3, 0.4) is 0 Å². The Morgan fingerprint density at radius 1 is 1.18 bits per heavy atom. The van der Waals surface area contributed by atoms with Gasteiger partial charge >= 0.3 is 0 Å². The molecule has 3 rings (SSSR count). The van der Waals surface area contributed by atoms with Gasteiger partial charge in [-0.2, -0.15) is 0 Å². The SMILES string of the molecule is CN1CC(NS(=O)(=O)c2ccc3c(c2)CC(=O)N3C)CC1=O. The highest BCUT2D eigenvalue weighted by atomic mass is 32.2. The maximum absolute atomic E-state index is 12.4. The first-order valence-electron chi connectivity index (χ1n) is 6.94. The molecule has 1 atom stereocenters. The van der Waals surface area contributed by atoms with Crippen molar-refractivity contribution in [3.63, 3.8) is 0 Å². The third-order valence-electron chi connectivity index (χ3n) is 4.10. The molecule has 2 heterocycles. The fourth-order valence-corrected chi connectivity index (χ4v) is 4.12. The molecule has 7 nitrogen and oxygen atoms in total. The molecule has 0 saturated carbocycles. The molecule has 22 heavy (non-hydrogen) atoms. The molecular weight excluding hydrogens is 306 g/mol. The fraction of sp³-hybridized carbons (Fsp3) is 0.429. The zero-order chi connectivity index (χ0) is 16.1. The molecule has 118 valence electrons. The molecule has 1 fully saturated rings. The number of carbonyl (C=O) groups excluding carboxylic acids is 2. The summed E-state index contributed by atoms with van der Waals surface area (Å²) in [6.07, 6.45) is 0.377. The predicted molar refractivity (Wildman–Crippen MR) is 79.9 cm³/mol. The number of carbonyl (C=O) groups is 2. The second kappa shape index (κ2) is 5.06. The van der Waals surface area contributed by atoms with Crippen LogP contribution in [0.15, 0.2) is 23.1 Å². The quantitative estimate of drug-likeness (QED) is 0.828. The van der Waals surface area contributed by atoms with Gasteiger partial charge in [0.1, 0.15) is 0 Å². The van der Waals surface area contributed by atoms with E-state index in [1.807, 2.05) is 0 Å². The summed E-state index contributed by atoms with van der Waals surface area (Å²) in [5.74, 6) is -0.130. The predicted octanol–water partition coefficient (Wildman–Crippen LogP) is -0.286. The van der Waals surface area contributed by atoms with Gasteiger partial charge in [0.25, 0.3) is 0 Å². The Balaban J connectivity index is 1.83. The molecule has 1 aromatic rings. The summed E-state index contributed by atoms with van der Waals surface area (Å²) in [4.78, 5) is 26.3. The summed E-state index contributed by atoms with van der Waals surface area (Å²) in [7, 11) is -0.392. The van der Waals surface area contributed by atoms with Crippen molar-refractivity contribution >= 4 is 27.5 Å². The van der Waals surface area contributed by atoms with Crippen LogP contribution in [0.2, 0.25) is 0 Å². The number of sulfonamides is 1. The fourth-order valence-electron chi connectivity index (χ4n) is 2.84. The van der Waals surface area contributed by atoms with E-state index in [0.717, 1.165) is 5.69 Å². The second-order valence-electron chi connectivity index (χ2n) is 5.72. The van der Waals surface area contributed by atoms with Crippen molar-refractivity contribution in [3.8, 4) is 0 Å². The van der Waals surface area contributed by atoms with Gasteiger partial charge in [0.15, 0.2) is 0 Å². The van der Waals surface area contributed by atoms with Gasteiger partial charge in [-0.25, -0.2) is 13.1 Å². The Morgan fingerprint density at radius 3 is 2.55 bits per heavy atom. The average molecular weight is 323 g/mol. The maximum Gasteiger partial charge on any atom is 0.240 e. The molecule has 0 radical (unpaired) electrons. The third-order valence-corrected chi connectivity index (χ3v) is 5.62. The van der Waals surface area contributed by atoms with Crippen molar-refractivity contribution in [2.45, 2.75) is 23.8 Å². The topological polar surface area (TPSA) is 86.8 Å². The Bertz CT molecular complexity index is 759. The van der Waals surface area contributed by atoms with E-state index in [4.69, 9.17) is 0 Å². The van der Waals surface area contributed by atoms with Gasteiger partial charge in [0.05, 0.1) is 11.3 Å². The lowest BCUT2D eigenvalue weighted by molar-refractivity contribution is -0.126. The van der Waals surface area contributed by atoms with E-state index in [0.29, 0.717) is 12.1 Å². The van der Waals surface area contributed by atoms with Gasteiger partial charge in [0, 0.05) is 38.8 Å². The van der Waals surface area contributed by atoms with Crippen LogP contribution in [-0.2, 0) is 26.0 Å². The van der Waals surface area contributed by atoms with Crippen LogP contribution in [0.25, 0.3) is 0 Å². The van der Waals surface area contributed by atoms with Crippen LogP contribution in [-0.4, -0.2) is 51.8 Å². The van der Waals surface area contributed by atoms with Gasteiger partial charge in [-0.3, -0.25) is 9.59 Å². The molecule has 0 bridgehead atoms. The van der Waals surface area contributed by atoms with Crippen molar-refractivity contribution in [1.29, 1.82) is 0 Å². The standard InChI is InChI=1S/C14H17N3O4S/c1-16-8-10(7-13(16)18)15-22(20,21)11-3-4-12-9(5-11)6-14(19)17(12)2/h3-5,10,15H,6-8H2,1-2H3.